The molecule has 1 amide bonds. The summed E-state index contributed by atoms with van der Waals surface area (Å²) in [5.41, 5.74) is -3.21. The second-order valence-corrected chi connectivity index (χ2v) is 4.58. The van der Waals surface area contributed by atoms with E-state index in [4.69, 9.17) is 0 Å². The molecule has 1 atom stereocenters. The van der Waals surface area contributed by atoms with E-state index in [-0.39, 0.29) is 10.7 Å². The molecule has 2 rings (SSSR count). The Hall–Kier alpha value is -2.50. The average Bonchev–Trinajstić information content (AvgIpc) is 2.94. The number of nitrogens with zero attached hydrogens (tertiary/aromatic N) is 5. The Bertz CT molecular complexity index is 655. The molecule has 2 heterocycles. The lowest BCUT2D eigenvalue weighted by molar-refractivity contribution is -0.389. The van der Waals surface area contributed by atoms with E-state index in [2.05, 4.69) is 10.2 Å². The Morgan fingerprint density at radius 2 is 2.23 bits per heavy atom. The maximum absolute atomic E-state index is 12.8. The number of aromatic nitrogens is 2. The van der Waals surface area contributed by atoms with Crippen LogP contribution in [-0.2, 0) is 11.3 Å². The zero-order chi connectivity index (χ0) is 16.7. The van der Waals surface area contributed by atoms with E-state index >= 15 is 0 Å². The van der Waals surface area contributed by atoms with Crippen LogP contribution in [0.4, 0.5) is 19.0 Å². The molecule has 0 aliphatic carbocycles. The van der Waals surface area contributed by atoms with Gasteiger partial charge in [-0.25, -0.2) is 0 Å². The number of hydrogen-bond donors (Lipinski definition) is 1. The maximum Gasteiger partial charge on any atom is 0.438 e. The molecule has 0 saturated heterocycles. The minimum absolute atomic E-state index is 0.0834. The van der Waals surface area contributed by atoms with Crippen LogP contribution in [0.3, 0.4) is 0 Å². The molecule has 22 heavy (non-hydrogen) atoms. The molecule has 0 radical (unpaired) electrons. The van der Waals surface area contributed by atoms with Gasteiger partial charge in [0.25, 0.3) is 11.6 Å². The predicted molar refractivity (Wildman–Crippen MR) is 64.6 cm³/mol. The molecule has 1 aliphatic rings. The third kappa shape index (κ3) is 2.52. The highest BCUT2D eigenvalue weighted by atomic mass is 19.4. The van der Waals surface area contributed by atoms with E-state index in [1.165, 1.54) is 6.92 Å². The fourth-order valence-electron chi connectivity index (χ4n) is 1.88. The SMILES string of the molecule is Cc1cc([N+](=O)[O-])nn1CC(=O)N1N=CCC1(O)C(F)(F)F. The Balaban J connectivity index is 2.22. The van der Waals surface area contributed by atoms with Crippen molar-refractivity contribution >= 4 is 17.9 Å². The highest BCUT2D eigenvalue weighted by Gasteiger charge is 2.61. The lowest BCUT2D eigenvalue weighted by Crippen LogP contribution is -2.57. The quantitative estimate of drug-likeness (QED) is 0.646. The van der Waals surface area contributed by atoms with Crippen LogP contribution in [-0.4, -0.2) is 48.8 Å². The summed E-state index contributed by atoms with van der Waals surface area (Å²) in [5, 5.41) is 26.8. The average molecular weight is 321 g/mol. The molecule has 1 unspecified atom stereocenters. The first-order chi connectivity index (χ1) is 10.1. The number of nitro groups is 1. The molecule has 0 aromatic carbocycles. The second-order valence-electron chi connectivity index (χ2n) is 4.58. The van der Waals surface area contributed by atoms with Crippen LogP contribution in [0, 0.1) is 17.0 Å². The van der Waals surface area contributed by atoms with Gasteiger partial charge in [0, 0.05) is 12.6 Å². The first kappa shape index (κ1) is 15.9. The molecule has 0 spiro atoms. The first-order valence-electron chi connectivity index (χ1n) is 5.89. The molecular formula is C10H10F3N5O4. The van der Waals surface area contributed by atoms with E-state index in [0.29, 0.717) is 0 Å². The van der Waals surface area contributed by atoms with Gasteiger partial charge in [-0.2, -0.15) is 28.0 Å². The first-order valence-corrected chi connectivity index (χ1v) is 5.89. The molecule has 0 bridgehead atoms. The van der Waals surface area contributed by atoms with Crippen molar-refractivity contribution in [3.05, 3.63) is 21.9 Å². The summed E-state index contributed by atoms with van der Waals surface area (Å²) in [6.07, 6.45) is -5.21. The number of rotatable bonds is 3. The summed E-state index contributed by atoms with van der Waals surface area (Å²) in [5.74, 6) is -1.74. The smallest absolute Gasteiger partial charge is 0.362 e. The molecule has 120 valence electrons. The van der Waals surface area contributed by atoms with Crippen molar-refractivity contribution in [1.29, 1.82) is 0 Å². The van der Waals surface area contributed by atoms with Gasteiger partial charge in [-0.1, -0.05) is 0 Å². The van der Waals surface area contributed by atoms with Gasteiger partial charge in [-0.3, -0.25) is 4.79 Å². The fourth-order valence-corrected chi connectivity index (χ4v) is 1.88. The van der Waals surface area contributed by atoms with Crippen molar-refractivity contribution in [2.24, 2.45) is 5.10 Å². The Morgan fingerprint density at radius 3 is 2.73 bits per heavy atom. The third-order valence-electron chi connectivity index (χ3n) is 3.05. The van der Waals surface area contributed by atoms with Gasteiger partial charge < -0.3 is 15.2 Å². The van der Waals surface area contributed by atoms with E-state index in [0.717, 1.165) is 17.0 Å². The van der Waals surface area contributed by atoms with E-state index in [1.54, 1.807) is 0 Å². The van der Waals surface area contributed by atoms with Crippen LogP contribution in [0.15, 0.2) is 11.2 Å². The number of halogens is 3. The summed E-state index contributed by atoms with van der Waals surface area (Å²) < 4.78 is 39.4. The highest BCUT2D eigenvalue weighted by Crippen LogP contribution is 2.38. The Labute approximate surface area is 120 Å². The molecule has 1 aliphatic heterocycles. The van der Waals surface area contributed by atoms with Crippen molar-refractivity contribution in [3.8, 4) is 0 Å². The van der Waals surface area contributed by atoms with Crippen molar-refractivity contribution in [2.45, 2.75) is 31.8 Å². The van der Waals surface area contributed by atoms with Crippen molar-refractivity contribution in [3.63, 3.8) is 0 Å². The van der Waals surface area contributed by atoms with Crippen molar-refractivity contribution < 1.29 is 28.0 Å². The minimum atomic E-state index is -5.09. The zero-order valence-corrected chi connectivity index (χ0v) is 11.1. The number of alkyl halides is 3. The molecular weight excluding hydrogens is 311 g/mol. The molecule has 12 heteroatoms. The van der Waals surface area contributed by atoms with Crippen LogP contribution >= 0.6 is 0 Å². The Morgan fingerprint density at radius 1 is 1.59 bits per heavy atom. The van der Waals surface area contributed by atoms with Gasteiger partial charge in [-0.15, -0.1) is 0 Å². The number of aliphatic hydroxyl groups is 1. The van der Waals surface area contributed by atoms with Crippen LogP contribution in [0.1, 0.15) is 12.1 Å². The number of aryl methyl sites for hydroxylation is 1. The number of carbonyl (C=O) groups is 1. The predicted octanol–water partition coefficient (Wildman–Crippen LogP) is 0.569. The normalized spacial score (nSPS) is 21.4. The van der Waals surface area contributed by atoms with E-state index < -0.39 is 41.5 Å². The fraction of sp³-hybridized carbons (Fsp3) is 0.500. The van der Waals surface area contributed by atoms with E-state index in [9.17, 15) is 33.2 Å². The summed E-state index contributed by atoms with van der Waals surface area (Å²) in [4.78, 5) is 21.7. The standard InChI is InChI=1S/C10H10F3N5O4/c1-6-4-7(18(21)22)15-16(6)5-8(19)17-9(20,2-3-14-17)10(11,12)13/h3-4,20H,2,5H2,1H3. The van der Waals surface area contributed by atoms with Gasteiger partial charge in [-0.05, 0) is 11.8 Å². The van der Waals surface area contributed by atoms with Crippen LogP contribution in [0.25, 0.3) is 0 Å². The number of hydrogen-bond acceptors (Lipinski definition) is 6. The lowest BCUT2D eigenvalue weighted by Gasteiger charge is -2.32. The minimum Gasteiger partial charge on any atom is -0.362 e. The number of hydrazone groups is 1. The Kier molecular flexibility index (Phi) is 3.64. The summed E-state index contributed by atoms with van der Waals surface area (Å²) in [6.45, 7) is 0.673. The van der Waals surface area contributed by atoms with Crippen LogP contribution in [0.2, 0.25) is 0 Å². The van der Waals surface area contributed by atoms with Gasteiger partial charge in [0.1, 0.15) is 6.54 Å². The van der Waals surface area contributed by atoms with Crippen molar-refractivity contribution in [1.82, 2.24) is 14.8 Å². The topological polar surface area (TPSA) is 114 Å². The molecule has 0 saturated carbocycles. The van der Waals surface area contributed by atoms with Crippen LogP contribution in [0.5, 0.6) is 0 Å². The summed E-state index contributed by atoms with van der Waals surface area (Å²) in [7, 11) is 0. The zero-order valence-electron chi connectivity index (χ0n) is 11.1. The summed E-state index contributed by atoms with van der Waals surface area (Å²) >= 11 is 0. The van der Waals surface area contributed by atoms with Crippen LogP contribution < -0.4 is 0 Å². The molecule has 1 aromatic rings. The van der Waals surface area contributed by atoms with Gasteiger partial charge in [0.15, 0.2) is 0 Å². The van der Waals surface area contributed by atoms with Gasteiger partial charge in [0.2, 0.25) is 0 Å². The third-order valence-corrected chi connectivity index (χ3v) is 3.05. The highest BCUT2D eigenvalue weighted by molar-refractivity contribution is 5.80. The molecule has 1 N–H and O–H groups in total. The molecule has 1 aromatic heterocycles. The molecule has 9 nitrogen and oxygen atoms in total. The monoisotopic (exact) mass is 321 g/mol. The largest absolute Gasteiger partial charge is 0.438 e. The van der Waals surface area contributed by atoms with Gasteiger partial charge in [0.05, 0.1) is 16.9 Å². The molecule has 0 fully saturated rings. The lowest BCUT2D eigenvalue weighted by atomic mass is 10.1. The van der Waals surface area contributed by atoms with Gasteiger partial charge >= 0.3 is 12.0 Å². The maximum atomic E-state index is 12.8. The number of carbonyl (C=O) groups excluding carboxylic acids is 1. The van der Waals surface area contributed by atoms with E-state index in [1.807, 2.05) is 0 Å². The van der Waals surface area contributed by atoms with Crippen molar-refractivity contribution in [2.75, 3.05) is 0 Å². The summed E-state index contributed by atoms with van der Waals surface area (Å²) in [6, 6.07) is 1.07. The number of amides is 1. The second kappa shape index (κ2) is 5.05.